The molecule has 3 aromatic carbocycles. The number of hydrogen-bond acceptors (Lipinski definition) is 5. The first kappa shape index (κ1) is 28.8. The van der Waals surface area contributed by atoms with Gasteiger partial charge in [-0.25, -0.2) is 0 Å². The van der Waals surface area contributed by atoms with Crippen LogP contribution in [0, 0.1) is 0 Å². The zero-order chi connectivity index (χ0) is 29.8. The number of fused-ring (bicyclic) bond motifs is 1. The highest BCUT2D eigenvalue weighted by atomic mass is 16.5. The summed E-state index contributed by atoms with van der Waals surface area (Å²) in [6.07, 6.45) is 2.09. The molecule has 2 aliphatic rings. The van der Waals surface area contributed by atoms with Crippen molar-refractivity contribution in [3.63, 3.8) is 0 Å². The van der Waals surface area contributed by atoms with E-state index < -0.39 is 0 Å². The maximum atomic E-state index is 14.3. The third kappa shape index (κ3) is 5.98. The Labute approximate surface area is 251 Å². The molecule has 2 fully saturated rings. The highest BCUT2D eigenvalue weighted by molar-refractivity contribution is 6.08. The predicted octanol–water partition coefficient (Wildman–Crippen LogP) is 4.70. The lowest BCUT2D eigenvalue weighted by Crippen LogP contribution is -2.51. The van der Waals surface area contributed by atoms with E-state index in [-0.39, 0.29) is 29.5 Å². The molecule has 1 aromatic heterocycles. The Morgan fingerprint density at radius 2 is 1.53 bits per heavy atom. The molecule has 0 spiro atoms. The largest absolute Gasteiger partial charge is 0.368 e. The molecular weight excluding hydrogens is 540 g/mol. The topological polar surface area (TPSA) is 83.9 Å². The number of ether oxygens (including phenoxy) is 1. The van der Waals surface area contributed by atoms with Gasteiger partial charge in [0.2, 0.25) is 0 Å². The maximum Gasteiger partial charge on any atom is 0.263 e. The Balaban J connectivity index is 1.39. The molecule has 3 heterocycles. The van der Waals surface area contributed by atoms with Crippen molar-refractivity contribution in [3.05, 3.63) is 112 Å². The number of amides is 2. The number of para-hydroxylation sites is 1. The fraction of sp³-hybridized carbons (Fsp3) is 0.343. The van der Waals surface area contributed by atoms with Gasteiger partial charge in [0.05, 0.1) is 17.3 Å². The fourth-order valence-corrected chi connectivity index (χ4v) is 6.30. The third-order valence-corrected chi connectivity index (χ3v) is 8.61. The Bertz CT molecular complexity index is 1640. The van der Waals surface area contributed by atoms with Crippen LogP contribution in [0.4, 0.5) is 0 Å². The van der Waals surface area contributed by atoms with Crippen molar-refractivity contribution in [2.75, 3.05) is 32.8 Å². The summed E-state index contributed by atoms with van der Waals surface area (Å²) in [5.74, 6) is -0.144. The predicted molar refractivity (Wildman–Crippen MR) is 167 cm³/mol. The Kier molecular flexibility index (Phi) is 8.67. The first-order valence-electron chi connectivity index (χ1n) is 15.3. The smallest absolute Gasteiger partial charge is 0.263 e. The van der Waals surface area contributed by atoms with Crippen LogP contribution in [0.5, 0.6) is 0 Å². The number of nitrogens with zero attached hydrogens (tertiary/aromatic N) is 3. The van der Waals surface area contributed by atoms with Crippen LogP contribution >= 0.6 is 0 Å². The molecule has 4 aromatic rings. The normalized spacial score (nSPS) is 18.1. The van der Waals surface area contributed by atoms with Gasteiger partial charge in [0.1, 0.15) is 6.10 Å². The molecule has 6 rings (SSSR count). The van der Waals surface area contributed by atoms with Gasteiger partial charge in [-0.1, -0.05) is 73.7 Å². The van der Waals surface area contributed by atoms with Crippen LogP contribution in [-0.2, 0) is 16.1 Å². The standard InChI is InChI=1S/C35H38N4O4/c1-2-29(25-12-5-3-6-13-25)36-33(40)32-27-16-9-10-17-28(27)34(41)39(26-14-7-4-8-15-26)30(32)24-37-19-21-38(22-20-37)35(42)31-18-11-23-43-31/h3-10,12-17,29,31H,2,11,18-24H2,1H3,(H,36,40)/t29-,31?/m0/s1. The minimum Gasteiger partial charge on any atom is -0.368 e. The summed E-state index contributed by atoms with van der Waals surface area (Å²) >= 11 is 0. The van der Waals surface area contributed by atoms with Crippen molar-refractivity contribution >= 4 is 22.6 Å². The molecule has 2 amide bonds. The van der Waals surface area contributed by atoms with Crippen LogP contribution in [0.1, 0.15) is 53.8 Å². The monoisotopic (exact) mass is 578 g/mol. The third-order valence-electron chi connectivity index (χ3n) is 8.61. The second-order valence-corrected chi connectivity index (χ2v) is 11.3. The van der Waals surface area contributed by atoms with Crippen LogP contribution in [0.3, 0.4) is 0 Å². The lowest BCUT2D eigenvalue weighted by molar-refractivity contribution is -0.142. The number of hydrogen-bond donors (Lipinski definition) is 1. The van der Waals surface area contributed by atoms with Crippen molar-refractivity contribution < 1.29 is 14.3 Å². The molecule has 222 valence electrons. The van der Waals surface area contributed by atoms with E-state index in [0.717, 1.165) is 24.8 Å². The Morgan fingerprint density at radius 1 is 0.884 bits per heavy atom. The van der Waals surface area contributed by atoms with Crippen molar-refractivity contribution in [1.82, 2.24) is 19.7 Å². The molecular formula is C35H38N4O4. The van der Waals surface area contributed by atoms with E-state index in [9.17, 15) is 14.4 Å². The van der Waals surface area contributed by atoms with Gasteiger partial charge in [0.15, 0.2) is 0 Å². The number of aromatic nitrogens is 1. The van der Waals surface area contributed by atoms with Gasteiger partial charge in [-0.15, -0.1) is 0 Å². The van der Waals surface area contributed by atoms with Crippen LogP contribution in [-0.4, -0.2) is 65.1 Å². The van der Waals surface area contributed by atoms with E-state index >= 15 is 0 Å². The van der Waals surface area contributed by atoms with Crippen molar-refractivity contribution in [3.8, 4) is 5.69 Å². The fourth-order valence-electron chi connectivity index (χ4n) is 6.30. The van der Waals surface area contributed by atoms with Gasteiger partial charge in [0.25, 0.3) is 17.4 Å². The second-order valence-electron chi connectivity index (χ2n) is 11.3. The van der Waals surface area contributed by atoms with Gasteiger partial charge in [0, 0.05) is 55.8 Å². The average Bonchev–Trinajstić information content (AvgIpc) is 3.60. The summed E-state index contributed by atoms with van der Waals surface area (Å²) in [5.41, 5.74) is 2.74. The molecule has 2 aliphatic heterocycles. The molecule has 0 saturated carbocycles. The number of carbonyl (C=O) groups excluding carboxylic acids is 2. The lowest BCUT2D eigenvalue weighted by atomic mass is 9.99. The number of rotatable bonds is 8. The van der Waals surface area contributed by atoms with Crippen molar-refractivity contribution in [1.29, 1.82) is 0 Å². The molecule has 1 unspecified atom stereocenters. The molecule has 8 heteroatoms. The first-order chi connectivity index (χ1) is 21.0. The van der Waals surface area contributed by atoms with Gasteiger partial charge < -0.3 is 15.0 Å². The van der Waals surface area contributed by atoms with Crippen LogP contribution < -0.4 is 10.9 Å². The zero-order valence-corrected chi connectivity index (χ0v) is 24.6. The number of benzene rings is 3. The summed E-state index contributed by atoms with van der Waals surface area (Å²) < 4.78 is 7.34. The van der Waals surface area contributed by atoms with E-state index in [1.165, 1.54) is 0 Å². The van der Waals surface area contributed by atoms with Gasteiger partial charge >= 0.3 is 0 Å². The molecule has 43 heavy (non-hydrogen) atoms. The van der Waals surface area contributed by atoms with Crippen LogP contribution in [0.2, 0.25) is 0 Å². The Hall–Kier alpha value is -4.27. The molecule has 2 atom stereocenters. The molecule has 2 saturated heterocycles. The summed E-state index contributed by atoms with van der Waals surface area (Å²) in [6.45, 7) is 5.52. The summed E-state index contributed by atoms with van der Waals surface area (Å²) in [5, 5.41) is 4.42. The summed E-state index contributed by atoms with van der Waals surface area (Å²) in [7, 11) is 0. The minimum absolute atomic E-state index is 0.0654. The highest BCUT2D eigenvalue weighted by Gasteiger charge is 2.32. The van der Waals surface area contributed by atoms with E-state index in [4.69, 9.17) is 4.74 Å². The van der Waals surface area contributed by atoms with Crippen LogP contribution in [0.25, 0.3) is 16.5 Å². The van der Waals surface area contributed by atoms with E-state index in [0.29, 0.717) is 67.0 Å². The number of piperazine rings is 1. The molecule has 0 aliphatic carbocycles. The average molecular weight is 579 g/mol. The van der Waals surface area contributed by atoms with Gasteiger partial charge in [-0.3, -0.25) is 23.9 Å². The molecule has 0 bridgehead atoms. The van der Waals surface area contributed by atoms with Crippen LogP contribution in [0.15, 0.2) is 89.7 Å². The number of pyridine rings is 1. The lowest BCUT2D eigenvalue weighted by Gasteiger charge is -2.36. The second kappa shape index (κ2) is 12.9. The maximum absolute atomic E-state index is 14.3. The van der Waals surface area contributed by atoms with Gasteiger partial charge in [-0.2, -0.15) is 0 Å². The van der Waals surface area contributed by atoms with E-state index in [1.807, 2.05) is 83.8 Å². The number of carbonyl (C=O) groups is 2. The first-order valence-corrected chi connectivity index (χ1v) is 15.3. The van der Waals surface area contributed by atoms with E-state index in [2.05, 4.69) is 17.1 Å². The molecule has 0 radical (unpaired) electrons. The highest BCUT2D eigenvalue weighted by Crippen LogP contribution is 2.26. The van der Waals surface area contributed by atoms with Gasteiger partial charge in [-0.05, 0) is 43.0 Å². The summed E-state index contributed by atoms with van der Waals surface area (Å²) in [6, 6.07) is 26.7. The van der Waals surface area contributed by atoms with E-state index in [1.54, 1.807) is 10.6 Å². The molecule has 1 N–H and O–H groups in total. The van der Waals surface area contributed by atoms with Crippen molar-refractivity contribution in [2.24, 2.45) is 0 Å². The SMILES string of the molecule is CC[C@H](NC(=O)c1c(CN2CCN(C(=O)C3CCCO3)CC2)n(-c2ccccc2)c(=O)c2ccccc12)c1ccccc1. The molecule has 8 nitrogen and oxygen atoms in total. The minimum atomic E-state index is -0.332. The van der Waals surface area contributed by atoms with Crippen molar-refractivity contribution in [2.45, 2.75) is 44.9 Å². The number of nitrogens with one attached hydrogen (secondary N) is 1. The quantitative estimate of drug-likeness (QED) is 0.328. The Morgan fingerprint density at radius 3 is 2.19 bits per heavy atom. The zero-order valence-electron chi connectivity index (χ0n) is 24.6. The summed E-state index contributed by atoms with van der Waals surface area (Å²) in [4.78, 5) is 45.5.